The first-order chi connectivity index (χ1) is 14.6. The van der Waals surface area contributed by atoms with Crippen molar-refractivity contribution in [2.24, 2.45) is 0 Å². The zero-order valence-corrected chi connectivity index (χ0v) is 16.6. The normalized spacial score (nSPS) is 14.4. The summed E-state index contributed by atoms with van der Waals surface area (Å²) in [5.74, 6) is 1.31. The number of benzene rings is 2. The minimum atomic E-state index is -0.670. The van der Waals surface area contributed by atoms with Gasteiger partial charge in [0.15, 0.2) is 5.76 Å². The summed E-state index contributed by atoms with van der Waals surface area (Å²) in [6.07, 6.45) is 1.43. The molecule has 1 N–H and O–H groups in total. The van der Waals surface area contributed by atoms with E-state index in [0.29, 0.717) is 41.0 Å². The Bertz CT molecular complexity index is 1180. The largest absolute Gasteiger partial charge is 0.356 e. The standard InChI is InChI=1S/C22H17ClN4O3/c23-16-8-6-14(7-9-16)17-12-18(26-29-17)22(10-11-22)21(28)24-13-19-25-20(27-30-19)15-4-2-1-3-5-15/h1-9,12H,10-11,13H2,(H,24,28). The molecule has 2 aromatic carbocycles. The molecule has 8 heteroatoms. The van der Waals surface area contributed by atoms with Crippen LogP contribution in [0.25, 0.3) is 22.7 Å². The zero-order valence-electron chi connectivity index (χ0n) is 15.8. The Hall–Kier alpha value is -3.45. The number of hydrogen-bond donors (Lipinski definition) is 1. The molecule has 1 fully saturated rings. The van der Waals surface area contributed by atoms with Gasteiger partial charge in [-0.3, -0.25) is 4.79 Å². The lowest BCUT2D eigenvalue weighted by molar-refractivity contribution is -0.124. The molecule has 1 aliphatic carbocycles. The first kappa shape index (κ1) is 18.6. The van der Waals surface area contributed by atoms with Gasteiger partial charge in [-0.25, -0.2) is 0 Å². The van der Waals surface area contributed by atoms with Gasteiger partial charge >= 0.3 is 0 Å². The molecule has 4 aromatic rings. The van der Waals surface area contributed by atoms with Crippen LogP contribution in [-0.4, -0.2) is 21.2 Å². The molecule has 150 valence electrons. The summed E-state index contributed by atoms with van der Waals surface area (Å²) in [6.45, 7) is 0.155. The predicted molar refractivity (Wildman–Crippen MR) is 109 cm³/mol. The Labute approximate surface area is 177 Å². The Morgan fingerprint density at radius 2 is 1.77 bits per heavy atom. The molecule has 2 aromatic heterocycles. The van der Waals surface area contributed by atoms with Crippen molar-refractivity contribution in [3.63, 3.8) is 0 Å². The van der Waals surface area contributed by atoms with Crippen LogP contribution in [0.2, 0.25) is 5.02 Å². The predicted octanol–water partition coefficient (Wildman–Crippen LogP) is 4.39. The second kappa shape index (κ2) is 7.42. The number of carbonyl (C=O) groups is 1. The van der Waals surface area contributed by atoms with E-state index in [-0.39, 0.29) is 12.5 Å². The van der Waals surface area contributed by atoms with Crippen LogP contribution in [0.4, 0.5) is 0 Å². The van der Waals surface area contributed by atoms with Crippen LogP contribution in [0.15, 0.2) is 69.7 Å². The quantitative estimate of drug-likeness (QED) is 0.497. The van der Waals surface area contributed by atoms with E-state index in [1.54, 1.807) is 12.1 Å². The SMILES string of the molecule is O=C(NCc1nc(-c2ccccc2)no1)C1(c2cc(-c3ccc(Cl)cc3)on2)CC1. The van der Waals surface area contributed by atoms with E-state index < -0.39 is 5.41 Å². The molecule has 0 spiro atoms. The number of aromatic nitrogens is 3. The minimum absolute atomic E-state index is 0.127. The molecule has 1 amide bonds. The fourth-order valence-corrected chi connectivity index (χ4v) is 3.46. The second-order valence-electron chi connectivity index (χ2n) is 7.23. The molecule has 1 aliphatic rings. The third kappa shape index (κ3) is 3.48. The van der Waals surface area contributed by atoms with Gasteiger partial charge in [-0.05, 0) is 37.1 Å². The van der Waals surface area contributed by atoms with Crippen LogP contribution < -0.4 is 5.32 Å². The number of halogens is 1. The first-order valence-corrected chi connectivity index (χ1v) is 9.91. The summed E-state index contributed by atoms with van der Waals surface area (Å²) in [5, 5.41) is 11.7. The number of nitrogens with zero attached hydrogens (tertiary/aromatic N) is 3. The summed E-state index contributed by atoms with van der Waals surface area (Å²) >= 11 is 5.93. The van der Waals surface area contributed by atoms with E-state index in [1.807, 2.05) is 48.5 Å². The third-order valence-corrected chi connectivity index (χ3v) is 5.47. The lowest BCUT2D eigenvalue weighted by atomic mass is 10.0. The van der Waals surface area contributed by atoms with E-state index in [1.165, 1.54) is 0 Å². The average Bonchev–Trinajstić information content (AvgIpc) is 3.21. The molecule has 5 rings (SSSR count). The zero-order chi connectivity index (χ0) is 20.6. The van der Waals surface area contributed by atoms with Gasteiger partial charge in [0.1, 0.15) is 0 Å². The van der Waals surface area contributed by atoms with Crippen LogP contribution in [0.5, 0.6) is 0 Å². The summed E-state index contributed by atoms with van der Waals surface area (Å²) in [7, 11) is 0. The highest BCUT2D eigenvalue weighted by molar-refractivity contribution is 6.30. The number of nitrogens with one attached hydrogen (secondary N) is 1. The molecule has 0 atom stereocenters. The maximum absolute atomic E-state index is 12.9. The van der Waals surface area contributed by atoms with Crippen molar-refractivity contribution < 1.29 is 13.8 Å². The molecule has 0 unspecified atom stereocenters. The fraction of sp³-hybridized carbons (Fsp3) is 0.182. The van der Waals surface area contributed by atoms with Crippen molar-refractivity contribution in [2.45, 2.75) is 24.8 Å². The molecule has 1 saturated carbocycles. The first-order valence-electron chi connectivity index (χ1n) is 9.53. The van der Waals surface area contributed by atoms with Crippen LogP contribution >= 0.6 is 11.6 Å². The van der Waals surface area contributed by atoms with Gasteiger partial charge in [-0.15, -0.1) is 0 Å². The second-order valence-corrected chi connectivity index (χ2v) is 7.66. The highest BCUT2D eigenvalue weighted by Crippen LogP contribution is 2.48. The maximum atomic E-state index is 12.9. The summed E-state index contributed by atoms with van der Waals surface area (Å²) in [4.78, 5) is 17.2. The van der Waals surface area contributed by atoms with E-state index in [0.717, 1.165) is 11.1 Å². The monoisotopic (exact) mass is 420 g/mol. The van der Waals surface area contributed by atoms with Crippen LogP contribution in [0, 0.1) is 0 Å². The van der Waals surface area contributed by atoms with Gasteiger partial charge in [0.05, 0.1) is 17.7 Å². The molecule has 0 aliphatic heterocycles. The van der Waals surface area contributed by atoms with Crippen molar-refractivity contribution >= 4 is 17.5 Å². The number of hydrogen-bond acceptors (Lipinski definition) is 6. The van der Waals surface area contributed by atoms with Crippen molar-refractivity contribution in [2.75, 3.05) is 0 Å². The molecular formula is C22H17ClN4O3. The highest BCUT2D eigenvalue weighted by atomic mass is 35.5. The van der Waals surface area contributed by atoms with E-state index >= 15 is 0 Å². The Balaban J connectivity index is 1.27. The van der Waals surface area contributed by atoms with Gasteiger partial charge in [0, 0.05) is 22.2 Å². The average molecular weight is 421 g/mol. The van der Waals surface area contributed by atoms with Crippen molar-refractivity contribution in [1.29, 1.82) is 0 Å². The van der Waals surface area contributed by atoms with Crippen molar-refractivity contribution in [3.8, 4) is 22.7 Å². The third-order valence-electron chi connectivity index (χ3n) is 5.21. The Kier molecular flexibility index (Phi) is 4.59. The van der Waals surface area contributed by atoms with Gasteiger partial charge in [0.2, 0.25) is 17.6 Å². The van der Waals surface area contributed by atoms with E-state index in [2.05, 4.69) is 20.6 Å². The minimum Gasteiger partial charge on any atom is -0.356 e. The van der Waals surface area contributed by atoms with Crippen LogP contribution in [-0.2, 0) is 16.8 Å². The molecule has 0 radical (unpaired) electrons. The molecular weight excluding hydrogens is 404 g/mol. The number of carbonyl (C=O) groups excluding carboxylic acids is 1. The molecule has 30 heavy (non-hydrogen) atoms. The number of rotatable bonds is 6. The fourth-order valence-electron chi connectivity index (χ4n) is 3.33. The van der Waals surface area contributed by atoms with E-state index in [4.69, 9.17) is 20.6 Å². The van der Waals surface area contributed by atoms with Gasteiger partial charge in [-0.2, -0.15) is 4.98 Å². The van der Waals surface area contributed by atoms with Crippen molar-refractivity contribution in [3.05, 3.63) is 77.3 Å². The van der Waals surface area contributed by atoms with Gasteiger partial charge in [0.25, 0.3) is 0 Å². The lowest BCUT2D eigenvalue weighted by Gasteiger charge is -2.10. The molecule has 0 saturated heterocycles. The highest BCUT2D eigenvalue weighted by Gasteiger charge is 2.53. The smallest absolute Gasteiger partial charge is 0.246 e. The maximum Gasteiger partial charge on any atom is 0.246 e. The summed E-state index contributed by atoms with van der Waals surface area (Å²) in [5.41, 5.74) is 1.67. The summed E-state index contributed by atoms with van der Waals surface area (Å²) < 4.78 is 10.7. The Morgan fingerprint density at radius 3 is 2.50 bits per heavy atom. The van der Waals surface area contributed by atoms with Crippen molar-refractivity contribution in [1.82, 2.24) is 20.6 Å². The molecule has 0 bridgehead atoms. The molecule has 7 nitrogen and oxygen atoms in total. The van der Waals surface area contributed by atoms with E-state index in [9.17, 15) is 4.79 Å². The topological polar surface area (TPSA) is 94.1 Å². The summed E-state index contributed by atoms with van der Waals surface area (Å²) in [6, 6.07) is 18.6. The number of amides is 1. The Morgan fingerprint density at radius 1 is 1.00 bits per heavy atom. The van der Waals surface area contributed by atoms with Gasteiger partial charge in [-0.1, -0.05) is 52.2 Å². The lowest BCUT2D eigenvalue weighted by Crippen LogP contribution is -2.34. The molecule has 2 heterocycles. The van der Waals surface area contributed by atoms with Gasteiger partial charge < -0.3 is 14.4 Å². The van der Waals surface area contributed by atoms with Crippen LogP contribution in [0.1, 0.15) is 24.4 Å². The van der Waals surface area contributed by atoms with Crippen LogP contribution in [0.3, 0.4) is 0 Å².